The smallest absolute Gasteiger partial charge is 0.246 e. The van der Waals surface area contributed by atoms with Crippen LogP contribution in [0.1, 0.15) is 37.6 Å². The lowest BCUT2D eigenvalue weighted by Crippen LogP contribution is -2.34. The van der Waals surface area contributed by atoms with Crippen molar-refractivity contribution in [3.8, 4) is 0 Å². The van der Waals surface area contributed by atoms with Gasteiger partial charge in [-0.3, -0.25) is 4.68 Å². The van der Waals surface area contributed by atoms with Crippen molar-refractivity contribution in [2.24, 2.45) is 0 Å². The number of rotatable bonds is 7. The van der Waals surface area contributed by atoms with Gasteiger partial charge in [0.1, 0.15) is 4.90 Å². The third-order valence-corrected chi connectivity index (χ3v) is 5.80. The van der Waals surface area contributed by atoms with Crippen molar-refractivity contribution in [3.05, 3.63) is 11.4 Å². The molecule has 1 aliphatic carbocycles. The zero-order valence-corrected chi connectivity index (χ0v) is 13.2. The molecule has 0 atom stereocenters. The molecule has 1 saturated carbocycles. The van der Waals surface area contributed by atoms with Gasteiger partial charge in [0, 0.05) is 12.6 Å². The highest BCUT2D eigenvalue weighted by atomic mass is 32.2. The molecule has 6 nitrogen and oxygen atoms in total. The van der Waals surface area contributed by atoms with Gasteiger partial charge in [-0.1, -0.05) is 6.92 Å². The Labute approximate surface area is 120 Å². The fourth-order valence-electron chi connectivity index (χ4n) is 2.57. The van der Waals surface area contributed by atoms with E-state index in [4.69, 9.17) is 5.11 Å². The van der Waals surface area contributed by atoms with Gasteiger partial charge in [0.2, 0.25) is 10.0 Å². The van der Waals surface area contributed by atoms with Crippen molar-refractivity contribution in [1.82, 2.24) is 14.1 Å². The standard InChI is InChI=1S/C13H23N3O3S/c1-4-7-16(12-5-6-12)20(18,19)13-10(2)14-15(8-9-17)11(13)3/h12,17H,4-9H2,1-3H3. The maximum absolute atomic E-state index is 12.9. The van der Waals surface area contributed by atoms with Crippen LogP contribution in [0, 0.1) is 13.8 Å². The van der Waals surface area contributed by atoms with E-state index in [1.54, 1.807) is 22.8 Å². The molecule has 0 aliphatic heterocycles. The van der Waals surface area contributed by atoms with Gasteiger partial charge in [-0.05, 0) is 33.1 Å². The summed E-state index contributed by atoms with van der Waals surface area (Å²) in [6.45, 7) is 6.27. The fourth-order valence-corrected chi connectivity index (χ4v) is 4.72. The van der Waals surface area contributed by atoms with Crippen molar-refractivity contribution in [3.63, 3.8) is 0 Å². The SMILES string of the molecule is CCCN(C1CC1)S(=O)(=O)c1c(C)nn(CCO)c1C. The molecular formula is C13H23N3O3S. The predicted octanol–water partition coefficient (Wildman–Crippen LogP) is 1.06. The summed E-state index contributed by atoms with van der Waals surface area (Å²) in [5.41, 5.74) is 1.12. The maximum Gasteiger partial charge on any atom is 0.246 e. The lowest BCUT2D eigenvalue weighted by atomic mass is 10.4. The Balaban J connectivity index is 2.42. The van der Waals surface area contributed by atoms with Gasteiger partial charge in [0.15, 0.2) is 0 Å². The highest BCUT2D eigenvalue weighted by Crippen LogP contribution is 2.34. The number of aromatic nitrogens is 2. The first-order valence-corrected chi connectivity index (χ1v) is 8.54. The van der Waals surface area contributed by atoms with Gasteiger partial charge in [0.25, 0.3) is 0 Å². The molecule has 1 aliphatic rings. The minimum atomic E-state index is -3.49. The monoisotopic (exact) mass is 301 g/mol. The average Bonchev–Trinajstić information content (AvgIpc) is 3.14. The third-order valence-electron chi connectivity index (χ3n) is 3.59. The van der Waals surface area contributed by atoms with Crippen LogP contribution in [-0.2, 0) is 16.6 Å². The summed E-state index contributed by atoms with van der Waals surface area (Å²) in [6.07, 6.45) is 2.70. The Morgan fingerprint density at radius 3 is 2.55 bits per heavy atom. The molecule has 0 bridgehead atoms. The van der Waals surface area contributed by atoms with Gasteiger partial charge in [-0.15, -0.1) is 0 Å². The molecular weight excluding hydrogens is 278 g/mol. The maximum atomic E-state index is 12.9. The number of aliphatic hydroxyl groups excluding tert-OH is 1. The summed E-state index contributed by atoms with van der Waals surface area (Å²) in [7, 11) is -3.49. The molecule has 0 amide bonds. The second kappa shape index (κ2) is 5.83. The van der Waals surface area contributed by atoms with Crippen LogP contribution < -0.4 is 0 Å². The first kappa shape index (κ1) is 15.5. The number of nitrogens with zero attached hydrogens (tertiary/aromatic N) is 3. The van der Waals surface area contributed by atoms with Crippen molar-refractivity contribution in [2.45, 2.75) is 57.5 Å². The molecule has 0 aromatic carbocycles. The molecule has 0 unspecified atom stereocenters. The number of sulfonamides is 1. The normalized spacial score (nSPS) is 16.1. The molecule has 0 saturated heterocycles. The van der Waals surface area contributed by atoms with E-state index in [0.717, 1.165) is 19.3 Å². The zero-order chi connectivity index (χ0) is 14.9. The minimum Gasteiger partial charge on any atom is -0.394 e. The van der Waals surface area contributed by atoms with Crippen LogP contribution in [0.15, 0.2) is 4.90 Å². The summed E-state index contributed by atoms with van der Waals surface area (Å²) in [5, 5.41) is 13.3. The van der Waals surface area contributed by atoms with Crippen molar-refractivity contribution in [1.29, 1.82) is 0 Å². The molecule has 1 aromatic heterocycles. The summed E-state index contributed by atoms with van der Waals surface area (Å²) >= 11 is 0. The molecule has 1 N–H and O–H groups in total. The molecule has 0 spiro atoms. The Morgan fingerprint density at radius 2 is 2.05 bits per heavy atom. The number of hydrogen-bond acceptors (Lipinski definition) is 4. The fraction of sp³-hybridized carbons (Fsp3) is 0.769. The van der Waals surface area contributed by atoms with E-state index in [1.165, 1.54) is 0 Å². The van der Waals surface area contributed by atoms with E-state index >= 15 is 0 Å². The highest BCUT2D eigenvalue weighted by molar-refractivity contribution is 7.89. The van der Waals surface area contributed by atoms with Crippen molar-refractivity contribution in [2.75, 3.05) is 13.2 Å². The molecule has 2 rings (SSSR count). The highest BCUT2D eigenvalue weighted by Gasteiger charge is 2.39. The molecule has 20 heavy (non-hydrogen) atoms. The second-order valence-electron chi connectivity index (χ2n) is 5.29. The first-order chi connectivity index (χ1) is 9.43. The molecule has 7 heteroatoms. The Bertz CT molecular complexity index is 576. The third kappa shape index (κ3) is 2.75. The van der Waals surface area contributed by atoms with Crippen molar-refractivity contribution >= 4 is 10.0 Å². The van der Waals surface area contributed by atoms with Crippen LogP contribution in [0.4, 0.5) is 0 Å². The zero-order valence-electron chi connectivity index (χ0n) is 12.3. The predicted molar refractivity (Wildman–Crippen MR) is 76.0 cm³/mol. The lowest BCUT2D eigenvalue weighted by Gasteiger charge is -2.21. The average molecular weight is 301 g/mol. The molecule has 0 radical (unpaired) electrons. The number of aliphatic hydroxyl groups is 1. The van der Waals surface area contributed by atoms with Crippen LogP contribution in [0.2, 0.25) is 0 Å². The summed E-state index contributed by atoms with van der Waals surface area (Å²) in [5.74, 6) is 0. The Hall–Kier alpha value is -0.920. The molecule has 1 aromatic rings. The van der Waals surface area contributed by atoms with Gasteiger partial charge in [-0.25, -0.2) is 8.42 Å². The summed E-state index contributed by atoms with van der Waals surface area (Å²) in [6, 6.07) is 0.153. The van der Waals surface area contributed by atoms with E-state index in [0.29, 0.717) is 29.4 Å². The number of aryl methyl sites for hydroxylation is 1. The molecule has 114 valence electrons. The van der Waals surface area contributed by atoms with E-state index in [9.17, 15) is 8.42 Å². The van der Waals surface area contributed by atoms with Crippen LogP contribution in [-0.4, -0.2) is 46.8 Å². The van der Waals surface area contributed by atoms with Gasteiger partial charge in [-0.2, -0.15) is 9.40 Å². The lowest BCUT2D eigenvalue weighted by molar-refractivity contribution is 0.267. The van der Waals surface area contributed by atoms with Gasteiger partial charge in [0.05, 0.1) is 24.5 Å². The summed E-state index contributed by atoms with van der Waals surface area (Å²) < 4.78 is 28.9. The number of hydrogen-bond donors (Lipinski definition) is 1. The van der Waals surface area contributed by atoms with Gasteiger partial charge >= 0.3 is 0 Å². The van der Waals surface area contributed by atoms with Gasteiger partial charge < -0.3 is 5.11 Å². The second-order valence-corrected chi connectivity index (χ2v) is 7.12. The topological polar surface area (TPSA) is 75.4 Å². The quantitative estimate of drug-likeness (QED) is 0.817. The van der Waals surface area contributed by atoms with E-state index in [1.807, 2.05) is 6.92 Å². The molecule has 1 fully saturated rings. The Morgan fingerprint density at radius 1 is 1.40 bits per heavy atom. The van der Waals surface area contributed by atoms with Crippen molar-refractivity contribution < 1.29 is 13.5 Å². The van der Waals surface area contributed by atoms with E-state index in [-0.39, 0.29) is 12.6 Å². The first-order valence-electron chi connectivity index (χ1n) is 7.10. The minimum absolute atomic E-state index is 0.0528. The van der Waals surface area contributed by atoms with E-state index < -0.39 is 10.0 Å². The largest absolute Gasteiger partial charge is 0.394 e. The van der Waals surface area contributed by atoms with E-state index in [2.05, 4.69) is 5.10 Å². The molecule has 1 heterocycles. The van der Waals surface area contributed by atoms with Crippen LogP contribution in [0.25, 0.3) is 0 Å². The van der Waals surface area contributed by atoms with Crippen LogP contribution in [0.5, 0.6) is 0 Å². The summed E-state index contributed by atoms with van der Waals surface area (Å²) in [4.78, 5) is 0.311. The van der Waals surface area contributed by atoms with Crippen LogP contribution in [0.3, 0.4) is 0 Å². The van der Waals surface area contributed by atoms with Crippen LogP contribution >= 0.6 is 0 Å². The Kier molecular flexibility index (Phi) is 4.51.